The molecule has 0 unspecified atom stereocenters. The number of nitrogens with zero attached hydrogens (tertiary/aromatic N) is 3. The van der Waals surface area contributed by atoms with Crippen molar-refractivity contribution in [1.82, 2.24) is 9.71 Å². The summed E-state index contributed by atoms with van der Waals surface area (Å²) in [6.45, 7) is 10.2. The van der Waals surface area contributed by atoms with Crippen molar-refractivity contribution in [3.63, 3.8) is 0 Å². The van der Waals surface area contributed by atoms with Crippen LogP contribution in [0.3, 0.4) is 0 Å². The average molecular weight is 570 g/mol. The van der Waals surface area contributed by atoms with Gasteiger partial charge in [-0.2, -0.15) is 0 Å². The Kier molecular flexibility index (Phi) is 7.05. The second-order valence-corrected chi connectivity index (χ2v) is 14.0. The first-order chi connectivity index (χ1) is 19.0. The Morgan fingerprint density at radius 1 is 1.05 bits per heavy atom. The molecule has 2 N–H and O–H groups in total. The number of ether oxygens (including phenoxy) is 2. The van der Waals surface area contributed by atoms with Gasteiger partial charge in [0, 0.05) is 26.2 Å². The van der Waals surface area contributed by atoms with E-state index in [-0.39, 0.29) is 16.9 Å². The number of benzene rings is 1. The van der Waals surface area contributed by atoms with Crippen LogP contribution in [-0.2, 0) is 19.5 Å². The van der Waals surface area contributed by atoms with Gasteiger partial charge in [-0.1, -0.05) is 0 Å². The van der Waals surface area contributed by atoms with Gasteiger partial charge in [0.15, 0.2) is 0 Å². The minimum Gasteiger partial charge on any atom is -0.377 e. The molecule has 10 nitrogen and oxygen atoms in total. The van der Waals surface area contributed by atoms with Crippen LogP contribution in [0.5, 0.6) is 0 Å². The lowest BCUT2D eigenvalue weighted by Gasteiger charge is -2.38. The zero-order chi connectivity index (χ0) is 28.1. The summed E-state index contributed by atoms with van der Waals surface area (Å²) in [5.41, 5.74) is 1.90. The van der Waals surface area contributed by atoms with E-state index in [1.165, 1.54) is 18.9 Å². The third-order valence-electron chi connectivity index (χ3n) is 8.63. The molecule has 4 heterocycles. The molecule has 40 heavy (non-hydrogen) atoms. The Morgan fingerprint density at radius 2 is 1.80 bits per heavy atom. The molecule has 3 saturated heterocycles. The van der Waals surface area contributed by atoms with Crippen LogP contribution in [0.25, 0.3) is 0 Å². The maximum Gasteiger partial charge on any atom is 0.258 e. The van der Waals surface area contributed by atoms with Gasteiger partial charge in [-0.25, -0.2) is 18.1 Å². The number of pyridine rings is 1. The number of carbonyl (C=O) groups excluding carboxylic acids is 1. The average Bonchev–Trinajstić information content (AvgIpc) is 3.66. The molecule has 1 spiro atoms. The molecule has 6 rings (SSSR count). The van der Waals surface area contributed by atoms with Gasteiger partial charge in [-0.3, -0.25) is 4.79 Å². The summed E-state index contributed by atoms with van der Waals surface area (Å²) in [7, 11) is -3.80. The van der Waals surface area contributed by atoms with E-state index in [9.17, 15) is 13.2 Å². The van der Waals surface area contributed by atoms with Crippen molar-refractivity contribution in [2.24, 2.45) is 5.41 Å². The highest BCUT2D eigenvalue weighted by atomic mass is 32.2. The molecule has 1 aromatic carbocycles. The third kappa shape index (κ3) is 5.70. The molecule has 216 valence electrons. The number of sulfonamides is 1. The van der Waals surface area contributed by atoms with E-state index in [0.29, 0.717) is 42.3 Å². The van der Waals surface area contributed by atoms with Crippen LogP contribution in [-0.4, -0.2) is 77.0 Å². The molecule has 2 aromatic rings. The van der Waals surface area contributed by atoms with Crippen molar-refractivity contribution in [1.29, 1.82) is 0 Å². The number of aryl methyl sites for hydroxylation is 1. The first-order valence-electron chi connectivity index (χ1n) is 14.2. The Balaban J connectivity index is 1.28. The van der Waals surface area contributed by atoms with Gasteiger partial charge in [-0.15, -0.1) is 0 Å². The number of morpholine rings is 1. The van der Waals surface area contributed by atoms with Gasteiger partial charge in [0.05, 0.1) is 47.6 Å². The van der Waals surface area contributed by atoms with E-state index in [1.807, 2.05) is 32.9 Å². The lowest BCUT2D eigenvalue weighted by molar-refractivity contribution is -0.0523. The molecule has 0 bridgehead atoms. The highest BCUT2D eigenvalue weighted by molar-refractivity contribution is 7.89. The van der Waals surface area contributed by atoms with Gasteiger partial charge < -0.3 is 24.6 Å². The molecule has 1 aliphatic carbocycles. The predicted octanol–water partition coefficient (Wildman–Crippen LogP) is 3.32. The van der Waals surface area contributed by atoms with Crippen molar-refractivity contribution < 1.29 is 22.7 Å². The Morgan fingerprint density at radius 3 is 2.45 bits per heavy atom. The summed E-state index contributed by atoms with van der Waals surface area (Å²) >= 11 is 0. The van der Waals surface area contributed by atoms with Crippen molar-refractivity contribution in [3.8, 4) is 0 Å². The van der Waals surface area contributed by atoms with E-state index in [1.54, 1.807) is 12.1 Å². The normalized spacial score (nSPS) is 23.5. The van der Waals surface area contributed by atoms with E-state index < -0.39 is 15.6 Å². The third-order valence-corrected chi connectivity index (χ3v) is 10.3. The molecule has 1 saturated carbocycles. The van der Waals surface area contributed by atoms with Crippen molar-refractivity contribution >= 4 is 33.3 Å². The van der Waals surface area contributed by atoms with Gasteiger partial charge >= 0.3 is 0 Å². The molecule has 0 radical (unpaired) electrons. The number of hydrogen-bond acceptors (Lipinski definition) is 8. The van der Waals surface area contributed by atoms with Crippen molar-refractivity contribution in [2.45, 2.75) is 63.0 Å². The Hall–Kier alpha value is -2.73. The van der Waals surface area contributed by atoms with Gasteiger partial charge in [-0.05, 0) is 87.8 Å². The summed E-state index contributed by atoms with van der Waals surface area (Å²) in [6, 6.07) is 8.66. The second-order valence-electron chi connectivity index (χ2n) is 12.3. The lowest BCUT2D eigenvalue weighted by Crippen LogP contribution is -2.59. The summed E-state index contributed by atoms with van der Waals surface area (Å²) in [5, 5.41) is 3.00. The van der Waals surface area contributed by atoms with Crippen LogP contribution < -0.4 is 19.8 Å². The summed E-state index contributed by atoms with van der Waals surface area (Å²) in [5.74, 6) is 0.965. The van der Waals surface area contributed by atoms with Gasteiger partial charge in [0.25, 0.3) is 5.91 Å². The molecule has 1 atom stereocenters. The molecule has 1 aromatic heterocycles. The molecule has 4 fully saturated rings. The minimum absolute atomic E-state index is 0.111. The summed E-state index contributed by atoms with van der Waals surface area (Å²) < 4.78 is 40.3. The number of nitrogens with one attached hydrogen (secondary N) is 2. The van der Waals surface area contributed by atoms with Crippen LogP contribution in [0.15, 0.2) is 35.2 Å². The monoisotopic (exact) mass is 569 g/mol. The number of carbonyl (C=O) groups is 1. The van der Waals surface area contributed by atoms with Crippen LogP contribution in [0.2, 0.25) is 0 Å². The number of anilines is 3. The van der Waals surface area contributed by atoms with Crippen LogP contribution in [0.1, 0.15) is 55.5 Å². The topological polar surface area (TPSA) is 113 Å². The molecule has 11 heteroatoms. The fourth-order valence-electron chi connectivity index (χ4n) is 5.97. The quantitative estimate of drug-likeness (QED) is 0.522. The second kappa shape index (κ2) is 10.3. The van der Waals surface area contributed by atoms with Crippen LogP contribution in [0.4, 0.5) is 17.3 Å². The largest absolute Gasteiger partial charge is 0.377 e. The smallest absolute Gasteiger partial charge is 0.258 e. The molecule has 3 aliphatic heterocycles. The van der Waals surface area contributed by atoms with Crippen LogP contribution in [0, 0.1) is 12.3 Å². The summed E-state index contributed by atoms with van der Waals surface area (Å²) in [4.78, 5) is 22.9. The molecular weight excluding hydrogens is 530 g/mol. The molecule has 4 aliphatic rings. The number of piperidine rings is 1. The van der Waals surface area contributed by atoms with Crippen molar-refractivity contribution in [2.75, 3.05) is 61.1 Å². The maximum atomic E-state index is 13.7. The van der Waals surface area contributed by atoms with Crippen molar-refractivity contribution in [3.05, 3.63) is 41.5 Å². The zero-order valence-corrected chi connectivity index (χ0v) is 24.3. The predicted molar refractivity (Wildman–Crippen MR) is 154 cm³/mol. The first kappa shape index (κ1) is 27.4. The lowest BCUT2D eigenvalue weighted by atomic mass is 9.93. The Labute approximate surface area is 236 Å². The van der Waals surface area contributed by atoms with Gasteiger partial charge in [0.2, 0.25) is 10.0 Å². The Bertz CT molecular complexity index is 1400. The number of aromatic nitrogens is 1. The number of hydrogen-bond donors (Lipinski definition) is 2. The summed E-state index contributed by atoms with van der Waals surface area (Å²) in [6.07, 6.45) is 4.74. The van der Waals surface area contributed by atoms with E-state index >= 15 is 0 Å². The maximum absolute atomic E-state index is 13.7. The van der Waals surface area contributed by atoms with Gasteiger partial charge in [0.1, 0.15) is 11.6 Å². The molecular formula is C29H39N5O5S. The highest BCUT2D eigenvalue weighted by Crippen LogP contribution is 2.54. The fourth-order valence-corrected chi connectivity index (χ4v) is 7.37. The fraction of sp³-hybridized carbons (Fsp3) is 0.586. The minimum atomic E-state index is -3.80. The van der Waals surface area contributed by atoms with E-state index in [4.69, 9.17) is 14.5 Å². The first-order valence-corrected chi connectivity index (χ1v) is 15.7. The number of amides is 1. The zero-order valence-electron chi connectivity index (χ0n) is 23.5. The van der Waals surface area contributed by atoms with E-state index in [2.05, 4.69) is 19.8 Å². The number of rotatable bonds is 7. The van der Waals surface area contributed by atoms with Crippen LogP contribution >= 0.6 is 0 Å². The SMILES string of the molecule is Cc1cc(NC(=O)c2ccc(S(=O)(=O)NC3(C)COC3)cc2N2CCC3(CC2)CC3)nc(N2CCO[C@H](C)C2)c1. The molecule has 1 amide bonds. The standard InChI is InChI=1S/C29H39N5O5S/c1-20-14-25(30-26(15-20)34-12-13-39-21(2)17-34)31-27(35)23-5-4-22(40(36,37)32-28(3)18-38-19-28)16-24(23)33-10-8-29(6-7-29)9-11-33/h4-5,14-16,21,32H,6-13,17-19H2,1-3H3,(H,30,31,35)/t21-/m1/s1. The highest BCUT2D eigenvalue weighted by Gasteiger charge is 2.45. The van der Waals surface area contributed by atoms with E-state index in [0.717, 1.165) is 50.4 Å².